The minimum atomic E-state index is -0.367. The molecule has 5 aliphatic rings. The molecule has 6 nitrogen and oxygen atoms in total. The molecule has 2 aliphatic carbocycles. The minimum absolute atomic E-state index is 0.330. The first-order valence-electron chi connectivity index (χ1n) is 9.52. The second-order valence-electron chi connectivity index (χ2n) is 7.42. The van der Waals surface area contributed by atoms with E-state index in [0.717, 1.165) is 51.0 Å². The number of dihydropyridines is 1. The van der Waals surface area contributed by atoms with Crippen LogP contribution in [0, 0.1) is 0 Å². The van der Waals surface area contributed by atoms with Gasteiger partial charge in [-0.3, -0.25) is 4.79 Å². The zero-order valence-corrected chi connectivity index (χ0v) is 15.2. The van der Waals surface area contributed by atoms with Crippen molar-refractivity contribution in [2.75, 3.05) is 26.4 Å². The van der Waals surface area contributed by atoms with Gasteiger partial charge in [0.2, 0.25) is 0 Å². The van der Waals surface area contributed by atoms with E-state index in [2.05, 4.69) is 18.0 Å². The van der Waals surface area contributed by atoms with Crippen LogP contribution in [0.2, 0.25) is 0 Å². The highest BCUT2D eigenvalue weighted by Gasteiger charge is 2.41. The molecule has 0 radical (unpaired) electrons. The van der Waals surface area contributed by atoms with E-state index in [9.17, 15) is 4.79 Å². The van der Waals surface area contributed by atoms with Crippen LogP contribution in [-0.2, 0) is 23.7 Å². The van der Waals surface area contributed by atoms with Crippen LogP contribution in [-0.4, -0.2) is 43.8 Å². The zero-order chi connectivity index (χ0) is 18.0. The second-order valence-corrected chi connectivity index (χ2v) is 7.42. The van der Waals surface area contributed by atoms with Gasteiger partial charge in [-0.05, 0) is 18.1 Å². The molecule has 0 aromatic carbocycles. The van der Waals surface area contributed by atoms with Gasteiger partial charge in [0.05, 0.1) is 26.4 Å². The molecule has 0 bridgehead atoms. The summed E-state index contributed by atoms with van der Waals surface area (Å²) in [5.74, 6) is -0.355. The molecule has 1 saturated carbocycles. The van der Waals surface area contributed by atoms with Crippen molar-refractivity contribution in [1.82, 2.24) is 5.32 Å². The van der Waals surface area contributed by atoms with Gasteiger partial charge in [-0.15, -0.1) is 0 Å². The molecule has 2 spiro atoms. The van der Waals surface area contributed by atoms with Crippen molar-refractivity contribution in [1.29, 1.82) is 0 Å². The Morgan fingerprint density at radius 3 is 2.08 bits per heavy atom. The van der Waals surface area contributed by atoms with E-state index in [0.29, 0.717) is 31.8 Å². The van der Waals surface area contributed by atoms with Crippen molar-refractivity contribution in [3.05, 3.63) is 35.7 Å². The fourth-order valence-corrected chi connectivity index (χ4v) is 4.14. The van der Waals surface area contributed by atoms with E-state index in [1.807, 2.05) is 6.08 Å². The predicted molar refractivity (Wildman–Crippen MR) is 95.0 cm³/mol. The normalized spacial score (nSPS) is 28.8. The summed E-state index contributed by atoms with van der Waals surface area (Å²) in [4.78, 5) is 10.9. The lowest BCUT2D eigenvalue weighted by Gasteiger charge is -2.35. The maximum absolute atomic E-state index is 10.9. The molecule has 3 heterocycles. The van der Waals surface area contributed by atoms with Crippen molar-refractivity contribution in [2.24, 2.45) is 0 Å². The van der Waals surface area contributed by atoms with Crippen LogP contribution in [0.3, 0.4) is 0 Å². The summed E-state index contributed by atoms with van der Waals surface area (Å²) in [5, 5.41) is 3.31. The molecule has 26 heavy (non-hydrogen) atoms. The van der Waals surface area contributed by atoms with Crippen molar-refractivity contribution < 1.29 is 23.7 Å². The number of carbonyl (C=O) groups is 1. The predicted octanol–water partition coefficient (Wildman–Crippen LogP) is 2.71. The van der Waals surface area contributed by atoms with Crippen molar-refractivity contribution in [2.45, 2.75) is 56.5 Å². The maximum atomic E-state index is 10.9. The van der Waals surface area contributed by atoms with Gasteiger partial charge >= 0.3 is 0 Å². The van der Waals surface area contributed by atoms with E-state index in [1.165, 1.54) is 11.3 Å². The molecule has 6 heteroatoms. The molecule has 0 aromatic heterocycles. The van der Waals surface area contributed by atoms with Gasteiger partial charge in [0.15, 0.2) is 11.6 Å². The Kier molecular flexibility index (Phi) is 5.01. The first-order chi connectivity index (χ1) is 12.6. The average Bonchev–Trinajstić information content (AvgIpc) is 3.29. The van der Waals surface area contributed by atoms with E-state index in [-0.39, 0.29) is 11.6 Å². The van der Waals surface area contributed by atoms with Crippen LogP contribution >= 0.6 is 0 Å². The van der Waals surface area contributed by atoms with Crippen molar-refractivity contribution >= 4 is 5.78 Å². The molecule has 5 rings (SSSR count). The second kappa shape index (κ2) is 7.27. The zero-order valence-electron chi connectivity index (χ0n) is 15.2. The monoisotopic (exact) mass is 361 g/mol. The van der Waals surface area contributed by atoms with Gasteiger partial charge < -0.3 is 24.3 Å². The molecular formula is C20H27NO5. The first-order valence-corrected chi connectivity index (χ1v) is 9.52. The summed E-state index contributed by atoms with van der Waals surface area (Å²) in [6.45, 7) is 6.73. The Morgan fingerprint density at radius 1 is 0.846 bits per heavy atom. The highest BCUT2D eigenvalue weighted by Crippen LogP contribution is 2.39. The number of hydrogen-bond acceptors (Lipinski definition) is 6. The molecule has 3 fully saturated rings. The van der Waals surface area contributed by atoms with Crippen LogP contribution in [0.5, 0.6) is 0 Å². The number of carbonyl (C=O) groups excluding carboxylic acids is 1. The largest absolute Gasteiger partial charge is 0.359 e. The third kappa shape index (κ3) is 3.78. The number of hydrogen-bond donors (Lipinski definition) is 1. The van der Waals surface area contributed by atoms with Gasteiger partial charge in [-0.25, -0.2) is 0 Å². The van der Waals surface area contributed by atoms with Crippen LogP contribution in [0.25, 0.3) is 0 Å². The summed E-state index contributed by atoms with van der Waals surface area (Å²) in [5.41, 5.74) is 3.56. The molecule has 0 unspecified atom stereocenters. The molecular weight excluding hydrogens is 334 g/mol. The van der Waals surface area contributed by atoms with Crippen LogP contribution in [0.4, 0.5) is 0 Å². The molecule has 0 amide bonds. The Hall–Kier alpha value is -1.47. The van der Waals surface area contributed by atoms with Crippen molar-refractivity contribution in [3.8, 4) is 0 Å². The van der Waals surface area contributed by atoms with E-state index in [1.54, 1.807) is 0 Å². The van der Waals surface area contributed by atoms with Gasteiger partial charge in [-0.1, -0.05) is 12.7 Å². The molecule has 0 atom stereocenters. The summed E-state index contributed by atoms with van der Waals surface area (Å²) in [6, 6.07) is 0. The molecule has 0 aromatic rings. The molecule has 1 N–H and O–H groups in total. The van der Waals surface area contributed by atoms with Crippen LogP contribution in [0.1, 0.15) is 44.9 Å². The fourth-order valence-electron chi connectivity index (χ4n) is 4.14. The fraction of sp³-hybridized carbons (Fsp3) is 0.650. The smallest absolute Gasteiger partial charge is 0.172 e. The van der Waals surface area contributed by atoms with E-state index < -0.39 is 0 Å². The Morgan fingerprint density at radius 2 is 1.42 bits per heavy atom. The van der Waals surface area contributed by atoms with Gasteiger partial charge in [0.25, 0.3) is 0 Å². The van der Waals surface area contributed by atoms with E-state index in [4.69, 9.17) is 18.9 Å². The number of allylic oxidation sites excluding steroid dienone is 3. The SMILES string of the molecule is C=C1C=CC2=C(CCC3(C2)OCCO3)N1.O=C1CCC2(CC1)OCCO2. The summed E-state index contributed by atoms with van der Waals surface area (Å²) in [6.07, 6.45) is 9.68. The summed E-state index contributed by atoms with van der Waals surface area (Å²) in [7, 11) is 0. The highest BCUT2D eigenvalue weighted by atomic mass is 16.7. The third-order valence-corrected chi connectivity index (χ3v) is 5.60. The molecule has 142 valence electrons. The van der Waals surface area contributed by atoms with Crippen LogP contribution in [0.15, 0.2) is 35.7 Å². The van der Waals surface area contributed by atoms with E-state index >= 15 is 0 Å². The number of ketones is 1. The Bertz CT molecular complexity index is 627. The molecule has 3 aliphatic heterocycles. The Balaban J connectivity index is 0.000000136. The first kappa shape index (κ1) is 17.9. The standard InChI is InChI=1S/C12H15NO2.C8H12O3/c1-9-2-3-10-8-12(14-6-7-15-12)5-4-11(10)13-9;9-7-1-3-8(4-2-7)10-5-6-11-8/h2-3,13H,1,4-8H2;1-6H2. The lowest BCUT2D eigenvalue weighted by molar-refractivity contribution is -0.179. The average molecular weight is 361 g/mol. The summed E-state index contributed by atoms with van der Waals surface area (Å²) >= 11 is 0. The number of ether oxygens (including phenoxy) is 4. The Labute approximate surface area is 154 Å². The van der Waals surface area contributed by atoms with Crippen LogP contribution < -0.4 is 5.32 Å². The highest BCUT2D eigenvalue weighted by molar-refractivity contribution is 5.79. The number of nitrogens with one attached hydrogen (secondary N) is 1. The van der Waals surface area contributed by atoms with Gasteiger partial charge in [0, 0.05) is 49.9 Å². The van der Waals surface area contributed by atoms with Gasteiger partial charge in [0.1, 0.15) is 5.78 Å². The molecule has 2 saturated heterocycles. The summed E-state index contributed by atoms with van der Waals surface area (Å²) < 4.78 is 22.3. The lowest BCUT2D eigenvalue weighted by Crippen LogP contribution is -2.36. The van der Waals surface area contributed by atoms with Crippen molar-refractivity contribution in [3.63, 3.8) is 0 Å². The quantitative estimate of drug-likeness (QED) is 0.716. The third-order valence-electron chi connectivity index (χ3n) is 5.60. The number of Topliss-reactive ketones (excluding diaryl/α,β-unsaturated/α-hetero) is 1. The topological polar surface area (TPSA) is 66.0 Å². The maximum Gasteiger partial charge on any atom is 0.172 e. The number of rotatable bonds is 0. The lowest BCUT2D eigenvalue weighted by atomic mass is 9.89. The minimum Gasteiger partial charge on any atom is -0.359 e. The van der Waals surface area contributed by atoms with Gasteiger partial charge in [-0.2, -0.15) is 0 Å².